The quantitative estimate of drug-likeness (QED) is 0.391. The van der Waals surface area contributed by atoms with Gasteiger partial charge in [0.2, 0.25) is 0 Å². The first-order valence-electron chi connectivity index (χ1n) is 9.34. The fraction of sp³-hybridized carbons (Fsp3) is 0.182. The van der Waals surface area contributed by atoms with Crippen molar-refractivity contribution in [2.45, 2.75) is 13.8 Å². The molecule has 2 aromatic heterocycles. The van der Waals surface area contributed by atoms with Crippen molar-refractivity contribution < 1.29 is 14.3 Å². The molecule has 0 aliphatic carbocycles. The summed E-state index contributed by atoms with van der Waals surface area (Å²) in [4.78, 5) is 17.6. The first-order valence-corrected chi connectivity index (χ1v) is 11.0. The molecular weight excluding hydrogens is 404 g/mol. The molecule has 7 heteroatoms. The Kier molecular flexibility index (Phi) is 5.78. The molecule has 0 saturated heterocycles. The third-order valence-corrected chi connectivity index (χ3v) is 6.12. The van der Waals surface area contributed by atoms with Gasteiger partial charge in [-0.2, -0.15) is 0 Å². The number of anilines is 1. The molecule has 4 rings (SSSR count). The van der Waals surface area contributed by atoms with E-state index in [0.717, 1.165) is 25.8 Å². The molecule has 0 fully saturated rings. The van der Waals surface area contributed by atoms with Crippen LogP contribution in [-0.2, 0) is 0 Å². The van der Waals surface area contributed by atoms with E-state index in [1.54, 1.807) is 29.5 Å². The van der Waals surface area contributed by atoms with Crippen LogP contribution >= 0.6 is 22.7 Å². The van der Waals surface area contributed by atoms with E-state index in [2.05, 4.69) is 11.4 Å². The van der Waals surface area contributed by atoms with E-state index in [0.29, 0.717) is 30.3 Å². The minimum absolute atomic E-state index is 0.196. The SMILES string of the molecule is CCOc1ccc(C(=O)Nc2sccc2-c2nc3ccccc3s2)cc1OCC. The normalized spacial score (nSPS) is 10.8. The molecule has 1 amide bonds. The Morgan fingerprint density at radius 3 is 2.62 bits per heavy atom. The molecule has 1 N–H and O–H groups in total. The Bertz CT molecular complexity index is 1120. The van der Waals surface area contributed by atoms with Gasteiger partial charge in [0.05, 0.1) is 23.4 Å². The van der Waals surface area contributed by atoms with E-state index in [4.69, 9.17) is 14.5 Å². The van der Waals surface area contributed by atoms with Gasteiger partial charge in [0.1, 0.15) is 10.0 Å². The summed E-state index contributed by atoms with van der Waals surface area (Å²) in [5, 5.41) is 6.65. The molecule has 0 radical (unpaired) electrons. The van der Waals surface area contributed by atoms with Gasteiger partial charge < -0.3 is 14.8 Å². The number of thiazole rings is 1. The van der Waals surface area contributed by atoms with Crippen LogP contribution < -0.4 is 14.8 Å². The highest BCUT2D eigenvalue weighted by Crippen LogP contribution is 2.38. The zero-order chi connectivity index (χ0) is 20.2. The van der Waals surface area contributed by atoms with E-state index in [1.165, 1.54) is 11.3 Å². The van der Waals surface area contributed by atoms with Crippen molar-refractivity contribution >= 4 is 43.8 Å². The predicted molar refractivity (Wildman–Crippen MR) is 120 cm³/mol. The number of hydrogen-bond donors (Lipinski definition) is 1. The summed E-state index contributed by atoms with van der Waals surface area (Å²) in [5.41, 5.74) is 2.41. The summed E-state index contributed by atoms with van der Waals surface area (Å²) in [7, 11) is 0. The van der Waals surface area contributed by atoms with E-state index in [9.17, 15) is 4.79 Å². The summed E-state index contributed by atoms with van der Waals surface area (Å²) in [5.74, 6) is 1.01. The summed E-state index contributed by atoms with van der Waals surface area (Å²) >= 11 is 3.10. The lowest BCUT2D eigenvalue weighted by Crippen LogP contribution is -2.12. The molecule has 0 unspecified atom stereocenters. The van der Waals surface area contributed by atoms with Crippen LogP contribution in [0.5, 0.6) is 11.5 Å². The number of nitrogens with zero attached hydrogens (tertiary/aromatic N) is 1. The van der Waals surface area contributed by atoms with Crippen molar-refractivity contribution in [2.75, 3.05) is 18.5 Å². The molecule has 0 saturated carbocycles. The predicted octanol–water partition coefficient (Wildman–Crippen LogP) is 6.07. The minimum atomic E-state index is -0.196. The van der Waals surface area contributed by atoms with Crippen LogP contribution in [0, 0.1) is 0 Å². The molecule has 4 aromatic rings. The van der Waals surface area contributed by atoms with Gasteiger partial charge in [0.25, 0.3) is 5.91 Å². The molecule has 0 bridgehead atoms. The number of hydrogen-bond acceptors (Lipinski definition) is 6. The van der Waals surface area contributed by atoms with Crippen LogP contribution in [0.4, 0.5) is 5.00 Å². The number of aromatic nitrogens is 1. The molecule has 0 atom stereocenters. The Morgan fingerprint density at radius 2 is 1.83 bits per heavy atom. The fourth-order valence-electron chi connectivity index (χ4n) is 2.93. The zero-order valence-corrected chi connectivity index (χ0v) is 17.7. The third-order valence-electron chi connectivity index (χ3n) is 4.22. The zero-order valence-electron chi connectivity index (χ0n) is 16.1. The lowest BCUT2D eigenvalue weighted by molar-refractivity contribution is 0.102. The standard InChI is InChI=1S/C22H20N2O3S2/c1-3-26-17-10-9-14(13-18(17)27-4-2)20(25)24-21-15(11-12-28-21)22-23-16-7-5-6-8-19(16)29-22/h5-13H,3-4H2,1-2H3,(H,24,25). The van der Waals surface area contributed by atoms with Crippen LogP contribution in [0.2, 0.25) is 0 Å². The Balaban J connectivity index is 1.60. The van der Waals surface area contributed by atoms with Crippen molar-refractivity contribution in [3.8, 4) is 22.1 Å². The topological polar surface area (TPSA) is 60.5 Å². The molecule has 0 aliphatic rings. The van der Waals surface area contributed by atoms with E-state index >= 15 is 0 Å². The van der Waals surface area contributed by atoms with Crippen molar-refractivity contribution in [1.29, 1.82) is 0 Å². The second kappa shape index (κ2) is 8.63. The Hall–Kier alpha value is -2.90. The Labute approximate surface area is 176 Å². The van der Waals surface area contributed by atoms with Crippen molar-refractivity contribution in [3.05, 3.63) is 59.5 Å². The average Bonchev–Trinajstić information content (AvgIpc) is 3.35. The summed E-state index contributed by atoms with van der Waals surface area (Å²) in [6.07, 6.45) is 0. The molecule has 2 aromatic carbocycles. The van der Waals surface area contributed by atoms with Crippen LogP contribution in [0.15, 0.2) is 53.9 Å². The smallest absolute Gasteiger partial charge is 0.256 e. The summed E-state index contributed by atoms with van der Waals surface area (Å²) in [6, 6.07) is 15.2. The van der Waals surface area contributed by atoms with Gasteiger partial charge in [-0.05, 0) is 55.6 Å². The average molecular weight is 425 g/mol. The number of thiophene rings is 1. The van der Waals surface area contributed by atoms with Gasteiger partial charge in [-0.3, -0.25) is 4.79 Å². The van der Waals surface area contributed by atoms with Crippen LogP contribution in [0.3, 0.4) is 0 Å². The highest BCUT2D eigenvalue weighted by atomic mass is 32.1. The molecular formula is C22H20N2O3S2. The largest absolute Gasteiger partial charge is 0.490 e. The number of carbonyl (C=O) groups excluding carboxylic acids is 1. The number of ether oxygens (including phenoxy) is 2. The van der Waals surface area contributed by atoms with Crippen LogP contribution in [0.1, 0.15) is 24.2 Å². The Morgan fingerprint density at radius 1 is 1.03 bits per heavy atom. The first kappa shape index (κ1) is 19.4. The van der Waals surface area contributed by atoms with Gasteiger partial charge in [-0.1, -0.05) is 12.1 Å². The maximum absolute atomic E-state index is 12.9. The maximum Gasteiger partial charge on any atom is 0.256 e. The van der Waals surface area contributed by atoms with E-state index in [1.807, 2.05) is 43.5 Å². The molecule has 0 spiro atoms. The van der Waals surface area contributed by atoms with Gasteiger partial charge in [-0.15, -0.1) is 22.7 Å². The third kappa shape index (κ3) is 4.11. The van der Waals surface area contributed by atoms with Gasteiger partial charge in [-0.25, -0.2) is 4.98 Å². The molecule has 0 aliphatic heterocycles. The maximum atomic E-state index is 12.9. The van der Waals surface area contributed by atoms with Gasteiger partial charge >= 0.3 is 0 Å². The second-order valence-corrected chi connectivity index (χ2v) is 8.08. The van der Waals surface area contributed by atoms with Crippen LogP contribution in [-0.4, -0.2) is 24.1 Å². The lowest BCUT2D eigenvalue weighted by Gasteiger charge is -2.12. The summed E-state index contributed by atoms with van der Waals surface area (Å²) in [6.45, 7) is 4.85. The van der Waals surface area contributed by atoms with Crippen molar-refractivity contribution in [2.24, 2.45) is 0 Å². The van der Waals surface area contributed by atoms with Crippen molar-refractivity contribution in [1.82, 2.24) is 4.98 Å². The number of carbonyl (C=O) groups is 1. The number of benzene rings is 2. The highest BCUT2D eigenvalue weighted by Gasteiger charge is 2.16. The number of para-hydroxylation sites is 1. The number of rotatable bonds is 7. The van der Waals surface area contributed by atoms with Crippen molar-refractivity contribution in [3.63, 3.8) is 0 Å². The molecule has 148 valence electrons. The second-order valence-electron chi connectivity index (χ2n) is 6.13. The minimum Gasteiger partial charge on any atom is -0.490 e. The molecule has 29 heavy (non-hydrogen) atoms. The van der Waals surface area contributed by atoms with Gasteiger partial charge in [0.15, 0.2) is 11.5 Å². The van der Waals surface area contributed by atoms with E-state index in [-0.39, 0.29) is 5.91 Å². The number of nitrogens with one attached hydrogen (secondary N) is 1. The molecule has 5 nitrogen and oxygen atoms in total. The van der Waals surface area contributed by atoms with E-state index < -0.39 is 0 Å². The number of amides is 1. The lowest BCUT2D eigenvalue weighted by atomic mass is 10.2. The molecule has 2 heterocycles. The highest BCUT2D eigenvalue weighted by molar-refractivity contribution is 7.22. The first-order chi connectivity index (χ1) is 14.2. The summed E-state index contributed by atoms with van der Waals surface area (Å²) < 4.78 is 12.3. The van der Waals surface area contributed by atoms with Crippen LogP contribution in [0.25, 0.3) is 20.8 Å². The number of fused-ring (bicyclic) bond motifs is 1. The monoisotopic (exact) mass is 424 g/mol. The van der Waals surface area contributed by atoms with Gasteiger partial charge in [0, 0.05) is 11.1 Å². The fourth-order valence-corrected chi connectivity index (χ4v) is 4.77.